The van der Waals surface area contributed by atoms with Gasteiger partial charge in [0.15, 0.2) is 0 Å². The molecule has 0 aliphatic rings. The van der Waals surface area contributed by atoms with Crippen molar-refractivity contribution in [1.29, 1.82) is 0 Å². The first-order valence-electron chi connectivity index (χ1n) is 7.26. The Hall–Kier alpha value is -1.55. The minimum atomic E-state index is 0.330. The maximum absolute atomic E-state index is 4.73. The Kier molecular flexibility index (Phi) is 5.23. The van der Waals surface area contributed by atoms with Crippen LogP contribution in [0.4, 0.5) is 5.82 Å². The standard InChI is InChI=1S/C17H23N3S/c1-11(2)15-19-16(18-5)13(4)17(20-15)21-10-14-8-6-7-12(3)9-14/h6-9,11H,10H2,1-5H3,(H,18,19,20). The van der Waals surface area contributed by atoms with Gasteiger partial charge in [-0.2, -0.15) is 0 Å². The predicted octanol–water partition coefficient (Wildman–Crippen LogP) is 4.55. The minimum Gasteiger partial charge on any atom is -0.373 e. The van der Waals surface area contributed by atoms with Gasteiger partial charge >= 0.3 is 0 Å². The molecule has 3 nitrogen and oxygen atoms in total. The molecule has 0 fully saturated rings. The summed E-state index contributed by atoms with van der Waals surface area (Å²) in [6.45, 7) is 8.45. The third-order valence-electron chi connectivity index (χ3n) is 3.33. The Labute approximate surface area is 131 Å². The molecule has 2 rings (SSSR count). The molecule has 0 saturated heterocycles. The topological polar surface area (TPSA) is 37.8 Å². The number of nitrogens with zero attached hydrogens (tertiary/aromatic N) is 2. The molecule has 4 heteroatoms. The van der Waals surface area contributed by atoms with Gasteiger partial charge < -0.3 is 5.32 Å². The summed E-state index contributed by atoms with van der Waals surface area (Å²) in [4.78, 5) is 9.31. The molecular weight excluding hydrogens is 278 g/mol. The number of rotatable bonds is 5. The molecule has 21 heavy (non-hydrogen) atoms. The molecule has 0 saturated carbocycles. The second-order valence-electron chi connectivity index (χ2n) is 5.54. The first-order chi connectivity index (χ1) is 10.0. The predicted molar refractivity (Wildman–Crippen MR) is 91.1 cm³/mol. The molecule has 0 aliphatic carbocycles. The van der Waals surface area contributed by atoms with Crippen LogP contribution in [-0.2, 0) is 5.75 Å². The average molecular weight is 301 g/mol. The van der Waals surface area contributed by atoms with Crippen LogP contribution in [-0.4, -0.2) is 17.0 Å². The van der Waals surface area contributed by atoms with Crippen molar-refractivity contribution >= 4 is 17.6 Å². The molecule has 0 bridgehead atoms. The van der Waals surface area contributed by atoms with Crippen molar-refractivity contribution < 1.29 is 0 Å². The van der Waals surface area contributed by atoms with E-state index in [1.54, 1.807) is 11.8 Å². The number of anilines is 1. The van der Waals surface area contributed by atoms with Crippen molar-refractivity contribution in [3.05, 3.63) is 46.8 Å². The first-order valence-corrected chi connectivity index (χ1v) is 8.24. The average Bonchev–Trinajstić information content (AvgIpc) is 2.46. The summed E-state index contributed by atoms with van der Waals surface area (Å²) in [6, 6.07) is 8.63. The minimum absolute atomic E-state index is 0.330. The number of benzene rings is 1. The molecular formula is C17H23N3S. The van der Waals surface area contributed by atoms with Crippen molar-refractivity contribution in [1.82, 2.24) is 9.97 Å². The van der Waals surface area contributed by atoms with Gasteiger partial charge in [0.05, 0.1) is 0 Å². The van der Waals surface area contributed by atoms with Crippen LogP contribution in [0.2, 0.25) is 0 Å². The van der Waals surface area contributed by atoms with Crippen LogP contribution >= 0.6 is 11.8 Å². The lowest BCUT2D eigenvalue weighted by molar-refractivity contribution is 0.749. The van der Waals surface area contributed by atoms with Crippen molar-refractivity contribution in [2.45, 2.75) is 44.4 Å². The molecule has 112 valence electrons. The van der Waals surface area contributed by atoms with E-state index in [9.17, 15) is 0 Å². The van der Waals surface area contributed by atoms with Crippen LogP contribution in [0.1, 0.15) is 42.3 Å². The van der Waals surface area contributed by atoms with Crippen molar-refractivity contribution in [2.24, 2.45) is 0 Å². The first kappa shape index (κ1) is 15.8. The zero-order valence-corrected chi connectivity index (χ0v) is 14.2. The Bertz CT molecular complexity index is 623. The van der Waals surface area contributed by atoms with Crippen LogP contribution in [0.3, 0.4) is 0 Å². The molecule has 0 spiro atoms. The summed E-state index contributed by atoms with van der Waals surface area (Å²) in [5.74, 6) is 3.09. The molecule has 0 radical (unpaired) electrons. The van der Waals surface area contributed by atoms with Crippen LogP contribution in [0, 0.1) is 13.8 Å². The van der Waals surface area contributed by atoms with Gasteiger partial charge in [-0.3, -0.25) is 0 Å². The summed E-state index contributed by atoms with van der Waals surface area (Å²) in [7, 11) is 1.91. The fourth-order valence-electron chi connectivity index (χ4n) is 2.11. The zero-order valence-electron chi connectivity index (χ0n) is 13.4. The van der Waals surface area contributed by atoms with Crippen LogP contribution in [0.5, 0.6) is 0 Å². The lowest BCUT2D eigenvalue weighted by Crippen LogP contribution is -2.06. The molecule has 0 atom stereocenters. The Morgan fingerprint density at radius 1 is 1.19 bits per heavy atom. The summed E-state index contributed by atoms with van der Waals surface area (Å²) < 4.78 is 0. The maximum atomic E-state index is 4.73. The van der Waals surface area contributed by atoms with E-state index >= 15 is 0 Å². The van der Waals surface area contributed by atoms with Crippen LogP contribution in [0.15, 0.2) is 29.3 Å². The summed E-state index contributed by atoms with van der Waals surface area (Å²) in [5, 5.41) is 4.24. The molecule has 2 aromatic rings. The quantitative estimate of drug-likeness (QED) is 0.649. The van der Waals surface area contributed by atoms with Gasteiger partial charge in [0.2, 0.25) is 0 Å². The molecule has 1 heterocycles. The lowest BCUT2D eigenvalue weighted by atomic mass is 10.2. The Morgan fingerprint density at radius 2 is 1.95 bits per heavy atom. The number of nitrogens with one attached hydrogen (secondary N) is 1. The normalized spacial score (nSPS) is 11.0. The van der Waals surface area contributed by atoms with Gasteiger partial charge in [-0.15, -0.1) is 11.8 Å². The van der Waals surface area contributed by atoms with Crippen molar-refractivity contribution in [2.75, 3.05) is 12.4 Å². The third-order valence-corrected chi connectivity index (χ3v) is 4.48. The van der Waals surface area contributed by atoms with E-state index in [2.05, 4.69) is 62.3 Å². The van der Waals surface area contributed by atoms with Crippen molar-refractivity contribution in [3.8, 4) is 0 Å². The molecule has 0 amide bonds. The lowest BCUT2D eigenvalue weighted by Gasteiger charge is -2.13. The molecule has 0 aliphatic heterocycles. The molecule has 0 unspecified atom stereocenters. The zero-order chi connectivity index (χ0) is 15.4. The van der Waals surface area contributed by atoms with E-state index in [0.29, 0.717) is 5.92 Å². The van der Waals surface area contributed by atoms with Gasteiger partial charge in [-0.05, 0) is 19.4 Å². The van der Waals surface area contributed by atoms with Gasteiger partial charge in [0, 0.05) is 24.3 Å². The second kappa shape index (κ2) is 6.94. The number of hydrogen-bond acceptors (Lipinski definition) is 4. The van der Waals surface area contributed by atoms with E-state index in [1.807, 2.05) is 7.05 Å². The van der Waals surface area contributed by atoms with Crippen LogP contribution < -0.4 is 5.32 Å². The largest absolute Gasteiger partial charge is 0.373 e. The van der Waals surface area contributed by atoms with E-state index in [-0.39, 0.29) is 0 Å². The van der Waals surface area contributed by atoms with Crippen LogP contribution in [0.25, 0.3) is 0 Å². The van der Waals surface area contributed by atoms with Gasteiger partial charge in [0.25, 0.3) is 0 Å². The third kappa shape index (κ3) is 3.97. The highest BCUT2D eigenvalue weighted by Gasteiger charge is 2.12. The Morgan fingerprint density at radius 3 is 2.57 bits per heavy atom. The number of hydrogen-bond donors (Lipinski definition) is 1. The Balaban J connectivity index is 2.24. The van der Waals surface area contributed by atoms with Crippen molar-refractivity contribution in [3.63, 3.8) is 0 Å². The fraction of sp³-hybridized carbons (Fsp3) is 0.412. The number of aromatic nitrogens is 2. The summed E-state index contributed by atoms with van der Waals surface area (Å²) in [6.07, 6.45) is 0. The highest BCUT2D eigenvalue weighted by Crippen LogP contribution is 2.29. The maximum Gasteiger partial charge on any atom is 0.134 e. The number of aryl methyl sites for hydroxylation is 1. The molecule has 1 aromatic carbocycles. The van der Waals surface area contributed by atoms with E-state index in [0.717, 1.165) is 28.0 Å². The number of thioether (sulfide) groups is 1. The van der Waals surface area contributed by atoms with E-state index in [1.165, 1.54) is 11.1 Å². The van der Waals surface area contributed by atoms with Gasteiger partial charge in [-0.1, -0.05) is 43.7 Å². The highest BCUT2D eigenvalue weighted by molar-refractivity contribution is 7.98. The molecule has 1 aromatic heterocycles. The monoisotopic (exact) mass is 301 g/mol. The summed E-state index contributed by atoms with van der Waals surface area (Å²) >= 11 is 1.78. The van der Waals surface area contributed by atoms with Gasteiger partial charge in [-0.25, -0.2) is 9.97 Å². The smallest absolute Gasteiger partial charge is 0.134 e. The van der Waals surface area contributed by atoms with E-state index in [4.69, 9.17) is 4.98 Å². The van der Waals surface area contributed by atoms with E-state index < -0.39 is 0 Å². The molecule has 1 N–H and O–H groups in total. The summed E-state index contributed by atoms with van der Waals surface area (Å²) in [5.41, 5.74) is 3.75. The van der Waals surface area contributed by atoms with Gasteiger partial charge in [0.1, 0.15) is 16.7 Å². The second-order valence-corrected chi connectivity index (χ2v) is 6.51. The highest BCUT2D eigenvalue weighted by atomic mass is 32.2. The SMILES string of the molecule is CNc1nc(C(C)C)nc(SCc2cccc(C)c2)c1C. The fourth-order valence-corrected chi connectivity index (χ4v) is 3.06.